The molecule has 0 radical (unpaired) electrons. The van der Waals surface area contributed by atoms with E-state index in [0.717, 1.165) is 23.1 Å². The van der Waals surface area contributed by atoms with E-state index in [1.807, 2.05) is 24.3 Å². The van der Waals surface area contributed by atoms with Crippen molar-refractivity contribution in [3.8, 4) is 5.75 Å². The van der Waals surface area contributed by atoms with E-state index in [1.165, 1.54) is 16.2 Å². The highest BCUT2D eigenvalue weighted by Crippen LogP contribution is 2.22. The Hall–Kier alpha value is -1.49. The van der Waals surface area contributed by atoms with Gasteiger partial charge in [0.1, 0.15) is 17.5 Å². The number of hydrogen-bond acceptors (Lipinski definition) is 7. The van der Waals surface area contributed by atoms with Gasteiger partial charge in [-0.25, -0.2) is 8.42 Å². The molecular weight excluding hydrogens is 392 g/mol. The minimum Gasteiger partial charge on any atom is -0.497 e. The molecule has 1 aromatic heterocycles. The van der Waals surface area contributed by atoms with Crippen LogP contribution in [0.3, 0.4) is 0 Å². The Bertz CT molecular complexity index is 906. The van der Waals surface area contributed by atoms with Gasteiger partial charge in [0.15, 0.2) is 20.5 Å². The SMILES string of the molecule is CC[NH+](Cn1nc(Nc2ccc(OC)cc2)sc1=S)[C@@H]1CCS(=O)(=O)C1. The van der Waals surface area contributed by atoms with Crippen LogP contribution in [0, 0.1) is 3.95 Å². The topological polar surface area (TPSA) is 77.7 Å². The Morgan fingerprint density at radius 3 is 2.73 bits per heavy atom. The van der Waals surface area contributed by atoms with Crippen LogP contribution in [0.2, 0.25) is 0 Å². The number of ether oxygens (including phenoxy) is 1. The van der Waals surface area contributed by atoms with Crippen LogP contribution in [-0.2, 0) is 16.5 Å². The maximum Gasteiger partial charge on any atom is 0.209 e. The lowest BCUT2D eigenvalue weighted by molar-refractivity contribution is -0.943. The van der Waals surface area contributed by atoms with E-state index >= 15 is 0 Å². The van der Waals surface area contributed by atoms with Crippen LogP contribution < -0.4 is 15.0 Å². The number of nitrogens with zero attached hydrogens (tertiary/aromatic N) is 2. The predicted octanol–water partition coefficient (Wildman–Crippen LogP) is 1.48. The molecule has 3 rings (SSSR count). The van der Waals surface area contributed by atoms with Crippen molar-refractivity contribution in [2.45, 2.75) is 26.1 Å². The van der Waals surface area contributed by atoms with Crippen molar-refractivity contribution in [3.63, 3.8) is 0 Å². The number of anilines is 2. The first-order valence-corrected chi connectivity index (χ1v) is 11.5. The van der Waals surface area contributed by atoms with Gasteiger partial charge in [0.25, 0.3) is 0 Å². The van der Waals surface area contributed by atoms with Gasteiger partial charge in [0.2, 0.25) is 5.13 Å². The van der Waals surface area contributed by atoms with Gasteiger partial charge in [-0.2, -0.15) is 4.68 Å². The maximum absolute atomic E-state index is 11.8. The fraction of sp³-hybridized carbons (Fsp3) is 0.500. The van der Waals surface area contributed by atoms with E-state index in [-0.39, 0.29) is 17.5 Å². The van der Waals surface area contributed by atoms with Crippen molar-refractivity contribution in [1.29, 1.82) is 0 Å². The highest BCUT2D eigenvalue weighted by Gasteiger charge is 2.35. The molecule has 142 valence electrons. The number of quaternary nitrogens is 1. The molecule has 0 bridgehead atoms. The molecule has 2 aromatic rings. The molecule has 2 atom stereocenters. The van der Waals surface area contributed by atoms with Gasteiger partial charge in [-0.15, -0.1) is 5.10 Å². The summed E-state index contributed by atoms with van der Waals surface area (Å²) < 4.78 is 31.1. The molecule has 1 fully saturated rings. The number of sulfone groups is 1. The lowest BCUT2D eigenvalue weighted by Gasteiger charge is -2.22. The fourth-order valence-electron chi connectivity index (χ4n) is 3.09. The standard InChI is InChI=1S/C16H22N4O3S3/c1-3-19(13-8-9-26(21,22)10-13)11-20-16(24)25-15(18-20)17-12-4-6-14(23-2)7-5-12/h4-7,13H,3,8-11H2,1-2H3,(H,17,18)/p+1/t13-/m1/s1. The summed E-state index contributed by atoms with van der Waals surface area (Å²) in [6.45, 7) is 3.48. The number of nitrogens with one attached hydrogen (secondary N) is 2. The average molecular weight is 416 g/mol. The smallest absolute Gasteiger partial charge is 0.209 e. The van der Waals surface area contributed by atoms with E-state index in [1.54, 1.807) is 11.8 Å². The van der Waals surface area contributed by atoms with Gasteiger partial charge < -0.3 is 15.0 Å². The predicted molar refractivity (Wildman–Crippen MR) is 106 cm³/mol. The third kappa shape index (κ3) is 4.61. The summed E-state index contributed by atoms with van der Waals surface area (Å²) in [6.07, 6.45) is 0.708. The Kier molecular flexibility index (Phi) is 5.96. The molecule has 10 heteroatoms. The summed E-state index contributed by atoms with van der Waals surface area (Å²) in [7, 11) is -1.26. The van der Waals surface area contributed by atoms with E-state index in [9.17, 15) is 8.42 Å². The third-order valence-corrected chi connectivity index (χ3v) is 7.56. The molecule has 2 heterocycles. The van der Waals surface area contributed by atoms with Gasteiger partial charge in [0.05, 0.1) is 19.4 Å². The molecule has 1 aromatic carbocycles. The van der Waals surface area contributed by atoms with Crippen LogP contribution in [-0.4, -0.2) is 49.4 Å². The second kappa shape index (κ2) is 8.03. The summed E-state index contributed by atoms with van der Waals surface area (Å²) in [5.41, 5.74) is 0.906. The lowest BCUT2D eigenvalue weighted by Crippen LogP contribution is -3.15. The molecule has 0 amide bonds. The number of benzene rings is 1. The molecule has 2 N–H and O–H groups in total. The summed E-state index contributed by atoms with van der Waals surface area (Å²) in [6, 6.07) is 7.71. The Balaban J connectivity index is 1.69. The van der Waals surface area contributed by atoms with Gasteiger partial charge in [-0.05, 0) is 43.4 Å². The van der Waals surface area contributed by atoms with Gasteiger partial charge in [0, 0.05) is 12.1 Å². The van der Waals surface area contributed by atoms with Crippen LogP contribution in [0.5, 0.6) is 5.75 Å². The van der Waals surface area contributed by atoms with Crippen LogP contribution in [0.15, 0.2) is 24.3 Å². The molecule has 0 saturated carbocycles. The largest absolute Gasteiger partial charge is 0.497 e. The summed E-state index contributed by atoms with van der Waals surface area (Å²) in [4.78, 5) is 1.20. The van der Waals surface area contributed by atoms with Gasteiger partial charge in [-0.1, -0.05) is 11.3 Å². The van der Waals surface area contributed by atoms with Crippen molar-refractivity contribution in [2.24, 2.45) is 0 Å². The van der Waals surface area contributed by atoms with Gasteiger partial charge >= 0.3 is 0 Å². The Morgan fingerprint density at radius 1 is 1.42 bits per heavy atom. The summed E-state index contributed by atoms with van der Waals surface area (Å²) in [5, 5.41) is 8.53. The zero-order valence-electron chi connectivity index (χ0n) is 14.8. The molecule has 1 aliphatic rings. The second-order valence-electron chi connectivity index (χ2n) is 6.30. The minimum absolute atomic E-state index is 0.117. The van der Waals surface area contributed by atoms with Crippen LogP contribution >= 0.6 is 23.6 Å². The first-order chi connectivity index (χ1) is 12.4. The molecule has 1 saturated heterocycles. The number of methoxy groups -OCH3 is 1. The molecule has 0 aliphatic carbocycles. The fourth-order valence-corrected chi connectivity index (χ4v) is 5.95. The van der Waals surface area contributed by atoms with Crippen molar-refractivity contribution in [1.82, 2.24) is 9.78 Å². The Labute approximate surface area is 162 Å². The van der Waals surface area contributed by atoms with Crippen LogP contribution in [0.1, 0.15) is 13.3 Å². The number of aromatic nitrogens is 2. The first kappa shape index (κ1) is 19.3. The van der Waals surface area contributed by atoms with Crippen molar-refractivity contribution in [2.75, 3.05) is 30.5 Å². The van der Waals surface area contributed by atoms with E-state index in [2.05, 4.69) is 17.3 Å². The average Bonchev–Trinajstić information content (AvgIpc) is 3.15. The third-order valence-electron chi connectivity index (χ3n) is 4.56. The molecule has 1 unspecified atom stereocenters. The zero-order valence-corrected chi connectivity index (χ0v) is 17.2. The second-order valence-corrected chi connectivity index (χ2v) is 10.1. The summed E-state index contributed by atoms with van der Waals surface area (Å²) in [5.74, 6) is 1.33. The van der Waals surface area contributed by atoms with Crippen molar-refractivity contribution < 1.29 is 18.1 Å². The zero-order chi connectivity index (χ0) is 18.7. The van der Waals surface area contributed by atoms with Crippen LogP contribution in [0.25, 0.3) is 0 Å². The van der Waals surface area contributed by atoms with E-state index in [4.69, 9.17) is 17.0 Å². The van der Waals surface area contributed by atoms with Crippen molar-refractivity contribution in [3.05, 3.63) is 28.2 Å². The monoisotopic (exact) mass is 415 g/mol. The minimum atomic E-state index is -2.89. The Morgan fingerprint density at radius 2 is 2.15 bits per heavy atom. The molecule has 7 nitrogen and oxygen atoms in total. The maximum atomic E-state index is 11.8. The molecule has 26 heavy (non-hydrogen) atoms. The summed E-state index contributed by atoms with van der Waals surface area (Å²) >= 11 is 6.85. The number of hydrogen-bond donors (Lipinski definition) is 2. The van der Waals surface area contributed by atoms with Crippen molar-refractivity contribution >= 4 is 44.2 Å². The molecule has 1 aliphatic heterocycles. The lowest BCUT2D eigenvalue weighted by atomic mass is 10.2. The van der Waals surface area contributed by atoms with E-state index in [0.29, 0.717) is 17.0 Å². The number of rotatable bonds is 7. The van der Waals surface area contributed by atoms with Gasteiger partial charge in [-0.3, -0.25) is 0 Å². The van der Waals surface area contributed by atoms with Crippen LogP contribution in [0.4, 0.5) is 10.8 Å². The normalized spacial score (nSPS) is 20.0. The highest BCUT2D eigenvalue weighted by atomic mass is 32.2. The first-order valence-electron chi connectivity index (χ1n) is 8.44. The highest BCUT2D eigenvalue weighted by molar-refractivity contribution is 7.91. The quantitative estimate of drug-likeness (QED) is 0.667. The van der Waals surface area contributed by atoms with E-state index < -0.39 is 9.84 Å². The molecule has 0 spiro atoms. The molecular formula is C16H23N4O3S3+.